The maximum absolute atomic E-state index is 13.1. The molecule has 0 saturated carbocycles. The molecule has 0 atom stereocenters. The van der Waals surface area contributed by atoms with E-state index >= 15 is 0 Å². The molecule has 1 aliphatic heterocycles. The maximum Gasteiger partial charge on any atom is 0.416 e. The first-order valence-corrected chi connectivity index (χ1v) is 9.50. The zero-order valence-corrected chi connectivity index (χ0v) is 16.1. The third-order valence-corrected chi connectivity index (χ3v) is 4.99. The SMILES string of the molecule is CC(C)(C)N=c1c(C#N)c(-c2cccc(C(F)(F)F)c2)nc2n1CCCS2. The van der Waals surface area contributed by atoms with Crippen LogP contribution in [0.3, 0.4) is 0 Å². The minimum atomic E-state index is -4.46. The molecular formula is C19H19F3N4S. The number of rotatable bonds is 1. The quantitative estimate of drug-likeness (QED) is 0.665. The molecule has 0 amide bonds. The normalized spacial score (nSPS) is 15.4. The highest BCUT2D eigenvalue weighted by Gasteiger charge is 2.31. The number of aromatic nitrogens is 2. The van der Waals surface area contributed by atoms with Gasteiger partial charge in [-0.15, -0.1) is 0 Å². The fourth-order valence-electron chi connectivity index (χ4n) is 2.83. The molecule has 4 nitrogen and oxygen atoms in total. The van der Waals surface area contributed by atoms with Crippen molar-refractivity contribution < 1.29 is 13.2 Å². The van der Waals surface area contributed by atoms with E-state index in [2.05, 4.69) is 11.1 Å². The van der Waals surface area contributed by atoms with E-state index < -0.39 is 17.3 Å². The smallest absolute Gasteiger partial charge is 0.305 e. The second-order valence-corrected chi connectivity index (χ2v) is 8.33. The number of hydrogen-bond donors (Lipinski definition) is 0. The number of fused-ring (bicyclic) bond motifs is 1. The van der Waals surface area contributed by atoms with Crippen LogP contribution in [0.5, 0.6) is 0 Å². The van der Waals surface area contributed by atoms with E-state index in [9.17, 15) is 18.4 Å². The molecule has 3 rings (SSSR count). The van der Waals surface area contributed by atoms with Crippen LogP contribution in [-0.4, -0.2) is 20.8 Å². The van der Waals surface area contributed by atoms with Gasteiger partial charge in [-0.1, -0.05) is 23.9 Å². The monoisotopic (exact) mass is 392 g/mol. The Morgan fingerprint density at radius 1 is 1.26 bits per heavy atom. The Bertz CT molecular complexity index is 978. The predicted octanol–water partition coefficient (Wildman–Crippen LogP) is 4.64. The van der Waals surface area contributed by atoms with Crippen LogP contribution in [0.15, 0.2) is 34.4 Å². The summed E-state index contributed by atoms with van der Waals surface area (Å²) in [5.41, 5.74) is -0.0160. The Morgan fingerprint density at radius 2 is 2.00 bits per heavy atom. The van der Waals surface area contributed by atoms with Gasteiger partial charge < -0.3 is 4.57 Å². The Balaban J connectivity index is 2.34. The molecule has 0 bridgehead atoms. The van der Waals surface area contributed by atoms with Gasteiger partial charge in [0.2, 0.25) is 0 Å². The second-order valence-electron chi connectivity index (χ2n) is 7.27. The summed E-state index contributed by atoms with van der Waals surface area (Å²) in [7, 11) is 0. The molecule has 2 aromatic rings. The fourth-order valence-corrected chi connectivity index (χ4v) is 3.78. The molecule has 8 heteroatoms. The van der Waals surface area contributed by atoms with E-state index in [-0.39, 0.29) is 16.8 Å². The minimum absolute atomic E-state index is 0.204. The molecule has 0 radical (unpaired) electrons. The van der Waals surface area contributed by atoms with Gasteiger partial charge in [0.15, 0.2) is 10.6 Å². The Labute approximate surface area is 159 Å². The van der Waals surface area contributed by atoms with Crippen molar-refractivity contribution in [2.24, 2.45) is 4.99 Å². The van der Waals surface area contributed by atoms with Gasteiger partial charge in [0.05, 0.1) is 16.8 Å². The zero-order chi connectivity index (χ0) is 19.8. The van der Waals surface area contributed by atoms with Crippen molar-refractivity contribution in [1.29, 1.82) is 5.26 Å². The average Bonchev–Trinajstić information content (AvgIpc) is 2.59. The van der Waals surface area contributed by atoms with Gasteiger partial charge in [-0.2, -0.15) is 18.4 Å². The van der Waals surface area contributed by atoms with Crippen molar-refractivity contribution in [3.8, 4) is 17.3 Å². The summed E-state index contributed by atoms with van der Waals surface area (Å²) in [6.45, 7) is 6.44. The molecule has 1 aromatic carbocycles. The number of alkyl halides is 3. The van der Waals surface area contributed by atoms with Gasteiger partial charge in [0, 0.05) is 17.9 Å². The molecule has 0 saturated heterocycles. The molecule has 2 heterocycles. The summed E-state index contributed by atoms with van der Waals surface area (Å²) < 4.78 is 41.3. The molecule has 1 aromatic heterocycles. The molecule has 1 aliphatic rings. The van der Waals surface area contributed by atoms with Crippen LogP contribution in [0.1, 0.15) is 38.3 Å². The number of hydrogen-bond acceptors (Lipinski definition) is 4. The Kier molecular flexibility index (Phi) is 5.08. The van der Waals surface area contributed by atoms with Crippen molar-refractivity contribution in [3.05, 3.63) is 40.9 Å². The summed E-state index contributed by atoms with van der Waals surface area (Å²) in [4.78, 5) is 9.24. The summed E-state index contributed by atoms with van der Waals surface area (Å²) in [6, 6.07) is 7.05. The molecule has 142 valence electrons. The van der Waals surface area contributed by atoms with Gasteiger partial charge in [0.1, 0.15) is 11.6 Å². The molecule has 0 N–H and O–H groups in total. The standard InChI is InChI=1S/C19H19F3N4S/c1-18(2,3)25-16-14(11-23)15(24-17-26(16)8-5-9-27-17)12-6-4-7-13(10-12)19(20,21)22/h4,6-7,10H,5,8-9H2,1-3H3. The van der Waals surface area contributed by atoms with Crippen molar-refractivity contribution in [3.63, 3.8) is 0 Å². The van der Waals surface area contributed by atoms with E-state index in [1.165, 1.54) is 17.8 Å². The lowest BCUT2D eigenvalue weighted by Crippen LogP contribution is -2.33. The highest BCUT2D eigenvalue weighted by Crippen LogP contribution is 2.33. The number of nitrogens with zero attached hydrogens (tertiary/aromatic N) is 4. The third-order valence-electron chi connectivity index (χ3n) is 3.93. The number of benzene rings is 1. The van der Waals surface area contributed by atoms with Gasteiger partial charge >= 0.3 is 6.18 Å². The topological polar surface area (TPSA) is 54.0 Å². The van der Waals surface area contributed by atoms with E-state index in [4.69, 9.17) is 4.99 Å². The van der Waals surface area contributed by atoms with Gasteiger partial charge in [-0.3, -0.25) is 4.99 Å². The van der Waals surface area contributed by atoms with Crippen molar-refractivity contribution in [2.75, 3.05) is 5.75 Å². The van der Waals surface area contributed by atoms with Crippen LogP contribution in [0, 0.1) is 11.3 Å². The lowest BCUT2D eigenvalue weighted by molar-refractivity contribution is -0.137. The molecular weight excluding hydrogens is 373 g/mol. The van der Waals surface area contributed by atoms with E-state index in [0.717, 1.165) is 24.3 Å². The van der Waals surface area contributed by atoms with E-state index in [1.54, 1.807) is 6.07 Å². The molecule has 0 spiro atoms. The predicted molar refractivity (Wildman–Crippen MR) is 98.0 cm³/mol. The van der Waals surface area contributed by atoms with Crippen molar-refractivity contribution in [2.45, 2.75) is 50.6 Å². The number of thioether (sulfide) groups is 1. The Morgan fingerprint density at radius 3 is 2.63 bits per heavy atom. The van der Waals surface area contributed by atoms with Crippen LogP contribution in [-0.2, 0) is 12.7 Å². The fraction of sp³-hybridized carbons (Fsp3) is 0.421. The van der Waals surface area contributed by atoms with Gasteiger partial charge in [-0.05, 0) is 39.3 Å². The van der Waals surface area contributed by atoms with Gasteiger partial charge in [0.25, 0.3) is 0 Å². The van der Waals surface area contributed by atoms with Crippen LogP contribution >= 0.6 is 11.8 Å². The summed E-state index contributed by atoms with van der Waals surface area (Å²) in [5, 5.41) is 10.5. The minimum Gasteiger partial charge on any atom is -0.305 e. The number of halogens is 3. The maximum atomic E-state index is 13.1. The summed E-state index contributed by atoms with van der Waals surface area (Å²) in [5.74, 6) is 0.871. The third kappa shape index (κ3) is 4.19. The molecule has 0 unspecified atom stereocenters. The zero-order valence-electron chi connectivity index (χ0n) is 15.3. The average molecular weight is 392 g/mol. The summed E-state index contributed by atoms with van der Waals surface area (Å²) in [6.07, 6.45) is -3.54. The molecule has 27 heavy (non-hydrogen) atoms. The highest BCUT2D eigenvalue weighted by atomic mass is 32.2. The number of nitriles is 1. The Hall–Kier alpha value is -2.27. The lowest BCUT2D eigenvalue weighted by Gasteiger charge is -2.22. The summed E-state index contributed by atoms with van der Waals surface area (Å²) >= 11 is 1.53. The largest absolute Gasteiger partial charge is 0.416 e. The van der Waals surface area contributed by atoms with Crippen LogP contribution < -0.4 is 5.49 Å². The molecule has 0 aliphatic carbocycles. The van der Waals surface area contributed by atoms with Crippen LogP contribution in [0.4, 0.5) is 13.2 Å². The lowest BCUT2D eigenvalue weighted by atomic mass is 10.0. The van der Waals surface area contributed by atoms with Crippen molar-refractivity contribution in [1.82, 2.24) is 9.55 Å². The molecule has 0 fully saturated rings. The highest BCUT2D eigenvalue weighted by molar-refractivity contribution is 7.99. The first-order valence-electron chi connectivity index (χ1n) is 8.51. The van der Waals surface area contributed by atoms with Crippen molar-refractivity contribution >= 4 is 11.8 Å². The van der Waals surface area contributed by atoms with Crippen LogP contribution in [0.25, 0.3) is 11.3 Å². The van der Waals surface area contributed by atoms with E-state index in [1.807, 2.05) is 25.3 Å². The first kappa shape index (κ1) is 19.5. The van der Waals surface area contributed by atoms with Gasteiger partial charge in [-0.25, -0.2) is 4.98 Å². The van der Waals surface area contributed by atoms with Crippen LogP contribution in [0.2, 0.25) is 0 Å². The first-order chi connectivity index (χ1) is 12.6. The second kappa shape index (κ2) is 7.04. The van der Waals surface area contributed by atoms with E-state index in [0.29, 0.717) is 17.2 Å².